The van der Waals surface area contributed by atoms with E-state index in [9.17, 15) is 5.11 Å². The highest BCUT2D eigenvalue weighted by Crippen LogP contribution is 2.21. The molecule has 1 saturated carbocycles. The van der Waals surface area contributed by atoms with Gasteiger partial charge in [-0.15, -0.1) is 0 Å². The van der Waals surface area contributed by atoms with Gasteiger partial charge in [-0.2, -0.15) is 5.10 Å². The minimum atomic E-state index is -0.206. The van der Waals surface area contributed by atoms with Crippen molar-refractivity contribution in [2.75, 3.05) is 5.32 Å². The summed E-state index contributed by atoms with van der Waals surface area (Å²) in [5.41, 5.74) is 0. The summed E-state index contributed by atoms with van der Waals surface area (Å²) in [7, 11) is 1.89. The van der Waals surface area contributed by atoms with Gasteiger partial charge in [-0.25, -0.2) is 0 Å². The number of hydrogen-bond donors (Lipinski definition) is 2. The Morgan fingerprint density at radius 3 is 3.00 bits per heavy atom. The van der Waals surface area contributed by atoms with E-state index in [4.69, 9.17) is 0 Å². The zero-order valence-electron chi connectivity index (χ0n) is 7.77. The molecule has 0 radical (unpaired) electrons. The number of hydrogen-bond acceptors (Lipinski definition) is 3. The van der Waals surface area contributed by atoms with E-state index < -0.39 is 0 Å². The van der Waals surface area contributed by atoms with Crippen LogP contribution < -0.4 is 5.32 Å². The van der Waals surface area contributed by atoms with Crippen LogP contribution >= 0.6 is 0 Å². The number of rotatable bonds is 2. The highest BCUT2D eigenvalue weighted by atomic mass is 16.3. The quantitative estimate of drug-likeness (QED) is 0.707. The van der Waals surface area contributed by atoms with Crippen molar-refractivity contribution in [3.8, 4) is 0 Å². The standard InChI is InChI=1S/C9H15N3O/c1-12-6-5-9(11-12)10-7-3-2-4-8(7)13/h5-8,13H,2-4H2,1H3,(H,10,11). The van der Waals surface area contributed by atoms with Gasteiger partial charge in [-0.1, -0.05) is 0 Å². The molecule has 0 saturated heterocycles. The van der Waals surface area contributed by atoms with Gasteiger partial charge in [0.25, 0.3) is 0 Å². The van der Waals surface area contributed by atoms with Gasteiger partial charge in [0.05, 0.1) is 12.1 Å². The topological polar surface area (TPSA) is 50.1 Å². The molecular weight excluding hydrogens is 166 g/mol. The maximum atomic E-state index is 9.56. The van der Waals surface area contributed by atoms with Gasteiger partial charge < -0.3 is 10.4 Å². The van der Waals surface area contributed by atoms with Crippen LogP contribution in [-0.4, -0.2) is 27.0 Å². The van der Waals surface area contributed by atoms with Gasteiger partial charge in [0, 0.05) is 19.3 Å². The molecule has 1 heterocycles. The smallest absolute Gasteiger partial charge is 0.148 e. The van der Waals surface area contributed by atoms with Crippen LogP contribution in [0.1, 0.15) is 19.3 Å². The maximum absolute atomic E-state index is 9.56. The molecule has 0 bridgehead atoms. The summed E-state index contributed by atoms with van der Waals surface area (Å²) in [5.74, 6) is 0.855. The predicted molar refractivity (Wildman–Crippen MR) is 50.5 cm³/mol. The molecule has 2 rings (SSSR count). The van der Waals surface area contributed by atoms with Crippen molar-refractivity contribution < 1.29 is 5.11 Å². The Kier molecular flexibility index (Phi) is 2.22. The first-order chi connectivity index (χ1) is 6.25. The molecular formula is C9H15N3O. The molecule has 4 heteroatoms. The first-order valence-corrected chi connectivity index (χ1v) is 4.70. The first-order valence-electron chi connectivity index (χ1n) is 4.70. The Morgan fingerprint density at radius 1 is 1.62 bits per heavy atom. The van der Waals surface area contributed by atoms with Crippen molar-refractivity contribution in [2.45, 2.75) is 31.4 Å². The van der Waals surface area contributed by atoms with Crippen LogP contribution in [0.5, 0.6) is 0 Å². The van der Waals surface area contributed by atoms with E-state index in [1.807, 2.05) is 19.3 Å². The largest absolute Gasteiger partial charge is 0.391 e. The van der Waals surface area contributed by atoms with Crippen LogP contribution in [0.25, 0.3) is 0 Å². The van der Waals surface area contributed by atoms with Crippen molar-refractivity contribution in [2.24, 2.45) is 7.05 Å². The molecule has 2 N–H and O–H groups in total. The van der Waals surface area contributed by atoms with Crippen molar-refractivity contribution >= 4 is 5.82 Å². The molecule has 13 heavy (non-hydrogen) atoms. The second-order valence-corrected chi connectivity index (χ2v) is 3.62. The zero-order valence-corrected chi connectivity index (χ0v) is 7.77. The SMILES string of the molecule is Cn1ccc(NC2CCCC2O)n1. The number of aliphatic hydroxyl groups is 1. The van der Waals surface area contributed by atoms with Gasteiger partial charge in [0.1, 0.15) is 5.82 Å². The van der Waals surface area contributed by atoms with Crippen molar-refractivity contribution in [1.29, 1.82) is 0 Å². The minimum absolute atomic E-state index is 0.190. The van der Waals surface area contributed by atoms with Gasteiger partial charge in [-0.3, -0.25) is 4.68 Å². The maximum Gasteiger partial charge on any atom is 0.148 e. The Hall–Kier alpha value is -1.03. The molecule has 1 aliphatic carbocycles. The lowest BCUT2D eigenvalue weighted by molar-refractivity contribution is 0.171. The molecule has 1 aromatic rings. The number of aliphatic hydroxyl groups excluding tert-OH is 1. The van der Waals surface area contributed by atoms with E-state index in [1.165, 1.54) is 0 Å². The molecule has 0 aliphatic heterocycles. The van der Waals surface area contributed by atoms with Crippen LogP contribution in [0.4, 0.5) is 5.82 Å². The number of anilines is 1. The molecule has 0 spiro atoms. The van der Waals surface area contributed by atoms with Gasteiger partial charge >= 0.3 is 0 Å². The van der Waals surface area contributed by atoms with E-state index in [0.717, 1.165) is 25.1 Å². The van der Waals surface area contributed by atoms with Crippen LogP contribution in [0.3, 0.4) is 0 Å². The lowest BCUT2D eigenvalue weighted by Crippen LogP contribution is -2.28. The van der Waals surface area contributed by atoms with Crippen LogP contribution in [0.15, 0.2) is 12.3 Å². The van der Waals surface area contributed by atoms with E-state index in [-0.39, 0.29) is 12.1 Å². The third-order valence-corrected chi connectivity index (χ3v) is 2.53. The second-order valence-electron chi connectivity index (χ2n) is 3.62. The third kappa shape index (κ3) is 1.83. The lowest BCUT2D eigenvalue weighted by atomic mass is 10.2. The fourth-order valence-electron chi connectivity index (χ4n) is 1.79. The third-order valence-electron chi connectivity index (χ3n) is 2.53. The highest BCUT2D eigenvalue weighted by molar-refractivity contribution is 5.34. The average molecular weight is 181 g/mol. The molecule has 2 atom stereocenters. The van der Waals surface area contributed by atoms with Crippen molar-refractivity contribution in [3.05, 3.63) is 12.3 Å². The zero-order chi connectivity index (χ0) is 9.26. The summed E-state index contributed by atoms with van der Waals surface area (Å²) in [6.45, 7) is 0. The lowest BCUT2D eigenvalue weighted by Gasteiger charge is -2.15. The Bertz CT molecular complexity index is 284. The molecule has 2 unspecified atom stereocenters. The summed E-state index contributed by atoms with van der Waals surface area (Å²) < 4.78 is 1.75. The normalized spacial score (nSPS) is 27.8. The Morgan fingerprint density at radius 2 is 2.46 bits per heavy atom. The number of nitrogens with zero attached hydrogens (tertiary/aromatic N) is 2. The molecule has 1 aromatic heterocycles. The van der Waals surface area contributed by atoms with Crippen molar-refractivity contribution in [3.63, 3.8) is 0 Å². The summed E-state index contributed by atoms with van der Waals surface area (Å²) in [5, 5.41) is 17.0. The summed E-state index contributed by atoms with van der Waals surface area (Å²) in [6.07, 6.45) is 4.74. The fraction of sp³-hybridized carbons (Fsp3) is 0.667. The van der Waals surface area contributed by atoms with Crippen LogP contribution in [0.2, 0.25) is 0 Å². The average Bonchev–Trinajstić information content (AvgIpc) is 2.64. The van der Waals surface area contributed by atoms with Crippen LogP contribution in [0, 0.1) is 0 Å². The van der Waals surface area contributed by atoms with Gasteiger partial charge in [0.15, 0.2) is 0 Å². The molecule has 4 nitrogen and oxygen atoms in total. The summed E-state index contributed by atoms with van der Waals surface area (Å²) >= 11 is 0. The Balaban J connectivity index is 1.97. The second kappa shape index (κ2) is 3.38. The fourth-order valence-corrected chi connectivity index (χ4v) is 1.79. The van der Waals surface area contributed by atoms with Gasteiger partial charge in [-0.05, 0) is 19.3 Å². The summed E-state index contributed by atoms with van der Waals surface area (Å²) in [4.78, 5) is 0. The van der Waals surface area contributed by atoms with Crippen LogP contribution in [-0.2, 0) is 7.05 Å². The molecule has 1 fully saturated rings. The Labute approximate surface area is 77.6 Å². The molecule has 0 amide bonds. The summed E-state index contributed by atoms with van der Waals surface area (Å²) in [6, 6.07) is 2.11. The highest BCUT2D eigenvalue weighted by Gasteiger charge is 2.25. The van der Waals surface area contributed by atoms with E-state index >= 15 is 0 Å². The number of aryl methyl sites for hydroxylation is 1. The first kappa shape index (κ1) is 8.56. The molecule has 0 aromatic carbocycles. The van der Waals surface area contributed by atoms with E-state index in [1.54, 1.807) is 4.68 Å². The molecule has 1 aliphatic rings. The van der Waals surface area contributed by atoms with Gasteiger partial charge in [0.2, 0.25) is 0 Å². The van der Waals surface area contributed by atoms with E-state index in [2.05, 4.69) is 10.4 Å². The monoisotopic (exact) mass is 181 g/mol. The number of nitrogens with one attached hydrogen (secondary N) is 1. The predicted octanol–water partition coefficient (Wildman–Crippen LogP) is 0.745. The minimum Gasteiger partial charge on any atom is -0.391 e. The number of aromatic nitrogens is 2. The van der Waals surface area contributed by atoms with E-state index in [0.29, 0.717) is 0 Å². The van der Waals surface area contributed by atoms with Crippen molar-refractivity contribution in [1.82, 2.24) is 9.78 Å². The molecule has 72 valence electrons.